The molecule has 2 amide bonds. The molecule has 1 N–H and O–H groups in total. The van der Waals surface area contributed by atoms with Crippen molar-refractivity contribution in [3.63, 3.8) is 0 Å². The topological polar surface area (TPSA) is 49.4 Å². The number of amides is 2. The summed E-state index contributed by atoms with van der Waals surface area (Å²) in [6.45, 7) is 1.41. The van der Waals surface area contributed by atoms with E-state index in [1.807, 2.05) is 30.3 Å². The van der Waals surface area contributed by atoms with Crippen molar-refractivity contribution < 1.29 is 9.59 Å². The van der Waals surface area contributed by atoms with Crippen LogP contribution in [0.15, 0.2) is 53.0 Å². The third-order valence-electron chi connectivity index (χ3n) is 2.97. The van der Waals surface area contributed by atoms with Crippen molar-refractivity contribution in [3.05, 3.63) is 58.6 Å². The Kier molecular flexibility index (Phi) is 4.75. The average Bonchev–Trinajstić information content (AvgIpc) is 2.46. The summed E-state index contributed by atoms with van der Waals surface area (Å²) in [6, 6.07) is 14.5. The predicted octanol–water partition coefficient (Wildman–Crippen LogP) is 3.68. The molecule has 5 heteroatoms. The Morgan fingerprint density at radius 3 is 2.38 bits per heavy atom. The van der Waals surface area contributed by atoms with E-state index in [1.54, 1.807) is 30.1 Å². The van der Waals surface area contributed by atoms with E-state index in [2.05, 4.69) is 21.2 Å². The van der Waals surface area contributed by atoms with Crippen molar-refractivity contribution in [2.75, 3.05) is 17.3 Å². The number of carbonyl (C=O) groups is 2. The SMILES string of the molecule is CC(=O)Nc1cc(Br)ccc1C(=O)N(C)c1ccccc1. The molecule has 0 aliphatic rings. The second-order valence-corrected chi connectivity index (χ2v) is 5.49. The quantitative estimate of drug-likeness (QED) is 0.921. The molecule has 0 fully saturated rings. The second-order valence-electron chi connectivity index (χ2n) is 4.57. The molecule has 0 aliphatic carbocycles. The van der Waals surface area contributed by atoms with E-state index in [0.29, 0.717) is 11.3 Å². The van der Waals surface area contributed by atoms with Gasteiger partial charge in [-0.2, -0.15) is 0 Å². The summed E-state index contributed by atoms with van der Waals surface area (Å²) in [5, 5.41) is 2.69. The van der Waals surface area contributed by atoms with Gasteiger partial charge in [-0.25, -0.2) is 0 Å². The third kappa shape index (κ3) is 3.70. The zero-order valence-electron chi connectivity index (χ0n) is 11.8. The van der Waals surface area contributed by atoms with E-state index in [9.17, 15) is 9.59 Å². The molecule has 2 aromatic rings. The minimum atomic E-state index is -0.218. The van der Waals surface area contributed by atoms with Crippen LogP contribution in [-0.2, 0) is 4.79 Å². The largest absolute Gasteiger partial charge is 0.326 e. The fourth-order valence-corrected chi connectivity index (χ4v) is 2.31. The Hall–Kier alpha value is -2.14. The first-order valence-electron chi connectivity index (χ1n) is 6.39. The van der Waals surface area contributed by atoms with Crippen LogP contribution >= 0.6 is 15.9 Å². The first-order valence-corrected chi connectivity index (χ1v) is 7.18. The molecule has 0 heterocycles. The highest BCUT2D eigenvalue weighted by atomic mass is 79.9. The number of benzene rings is 2. The molecule has 108 valence electrons. The molecule has 0 aromatic heterocycles. The van der Waals surface area contributed by atoms with Crippen LogP contribution in [0.1, 0.15) is 17.3 Å². The molecule has 0 atom stereocenters. The summed E-state index contributed by atoms with van der Waals surface area (Å²) < 4.78 is 0.796. The summed E-state index contributed by atoms with van der Waals surface area (Å²) in [6.07, 6.45) is 0. The van der Waals surface area contributed by atoms with Crippen molar-refractivity contribution in [2.24, 2.45) is 0 Å². The van der Waals surface area contributed by atoms with Gasteiger partial charge in [0.25, 0.3) is 5.91 Å². The van der Waals surface area contributed by atoms with Crippen molar-refractivity contribution in [1.29, 1.82) is 0 Å². The van der Waals surface area contributed by atoms with E-state index in [4.69, 9.17) is 0 Å². The zero-order valence-corrected chi connectivity index (χ0v) is 13.3. The number of carbonyl (C=O) groups excluding carboxylic acids is 2. The Morgan fingerprint density at radius 2 is 1.76 bits per heavy atom. The number of halogens is 1. The van der Waals surface area contributed by atoms with Crippen LogP contribution in [0.25, 0.3) is 0 Å². The lowest BCUT2D eigenvalue weighted by molar-refractivity contribution is -0.114. The van der Waals surface area contributed by atoms with Crippen LogP contribution in [0, 0.1) is 0 Å². The van der Waals surface area contributed by atoms with E-state index in [-0.39, 0.29) is 11.8 Å². The van der Waals surface area contributed by atoms with Gasteiger partial charge >= 0.3 is 0 Å². The van der Waals surface area contributed by atoms with Crippen molar-refractivity contribution in [1.82, 2.24) is 0 Å². The third-order valence-corrected chi connectivity index (χ3v) is 3.46. The molecule has 0 unspecified atom stereocenters. The molecule has 2 rings (SSSR count). The highest BCUT2D eigenvalue weighted by Gasteiger charge is 2.17. The molecule has 0 spiro atoms. The lowest BCUT2D eigenvalue weighted by Crippen LogP contribution is -2.27. The minimum absolute atomic E-state index is 0.183. The fraction of sp³-hybridized carbons (Fsp3) is 0.125. The molecule has 4 nitrogen and oxygen atoms in total. The number of hydrogen-bond acceptors (Lipinski definition) is 2. The summed E-state index contributed by atoms with van der Waals surface area (Å²) in [4.78, 5) is 25.5. The summed E-state index contributed by atoms with van der Waals surface area (Å²) >= 11 is 3.34. The van der Waals surface area contributed by atoms with Gasteiger partial charge in [-0.15, -0.1) is 0 Å². The Labute approximate surface area is 131 Å². The van der Waals surface area contributed by atoms with Crippen molar-refractivity contribution in [3.8, 4) is 0 Å². The monoisotopic (exact) mass is 346 g/mol. The van der Waals surface area contributed by atoms with Gasteiger partial charge in [-0.1, -0.05) is 34.1 Å². The normalized spacial score (nSPS) is 10.0. The first-order chi connectivity index (χ1) is 9.99. The maximum Gasteiger partial charge on any atom is 0.260 e. The van der Waals surface area contributed by atoms with E-state index in [1.165, 1.54) is 6.92 Å². The molecule has 0 saturated carbocycles. The van der Waals surface area contributed by atoms with Crippen molar-refractivity contribution in [2.45, 2.75) is 6.92 Å². The van der Waals surface area contributed by atoms with Crippen LogP contribution in [0.5, 0.6) is 0 Å². The summed E-state index contributed by atoms with van der Waals surface area (Å²) in [5.41, 5.74) is 1.73. The van der Waals surface area contributed by atoms with Gasteiger partial charge in [0, 0.05) is 24.1 Å². The number of nitrogens with one attached hydrogen (secondary N) is 1. The van der Waals surface area contributed by atoms with Gasteiger partial charge in [-0.3, -0.25) is 9.59 Å². The molecule has 0 aliphatic heterocycles. The average molecular weight is 347 g/mol. The number of rotatable bonds is 3. The smallest absolute Gasteiger partial charge is 0.260 e. The van der Waals surface area contributed by atoms with Gasteiger partial charge in [0.1, 0.15) is 0 Å². The first kappa shape index (κ1) is 15.3. The highest BCUT2D eigenvalue weighted by molar-refractivity contribution is 9.10. The maximum absolute atomic E-state index is 12.6. The van der Waals surface area contributed by atoms with Gasteiger partial charge in [0.2, 0.25) is 5.91 Å². The Morgan fingerprint density at radius 1 is 1.10 bits per heavy atom. The number of nitrogens with zero attached hydrogens (tertiary/aromatic N) is 1. The van der Waals surface area contributed by atoms with Gasteiger partial charge in [0.15, 0.2) is 0 Å². The van der Waals surface area contributed by atoms with Gasteiger partial charge in [0.05, 0.1) is 11.3 Å². The van der Waals surface area contributed by atoms with Crippen LogP contribution in [0.2, 0.25) is 0 Å². The second kappa shape index (κ2) is 6.54. The van der Waals surface area contributed by atoms with Crippen LogP contribution in [0.3, 0.4) is 0 Å². The van der Waals surface area contributed by atoms with Crippen molar-refractivity contribution >= 4 is 39.1 Å². The van der Waals surface area contributed by atoms with Gasteiger partial charge in [-0.05, 0) is 30.3 Å². The zero-order chi connectivity index (χ0) is 15.4. The molecular weight excluding hydrogens is 332 g/mol. The van der Waals surface area contributed by atoms with E-state index >= 15 is 0 Å². The molecular formula is C16H15BrN2O2. The molecule has 0 radical (unpaired) electrons. The fourth-order valence-electron chi connectivity index (χ4n) is 1.95. The minimum Gasteiger partial charge on any atom is -0.326 e. The Bertz CT molecular complexity index is 671. The van der Waals surface area contributed by atoms with E-state index in [0.717, 1.165) is 10.2 Å². The van der Waals surface area contributed by atoms with Crippen LogP contribution in [0.4, 0.5) is 11.4 Å². The standard InChI is InChI=1S/C16H15BrN2O2/c1-11(20)18-15-10-12(17)8-9-14(15)16(21)19(2)13-6-4-3-5-7-13/h3-10H,1-2H3,(H,18,20). The molecule has 0 saturated heterocycles. The number of para-hydroxylation sites is 1. The summed E-state index contributed by atoms with van der Waals surface area (Å²) in [7, 11) is 1.71. The van der Waals surface area contributed by atoms with E-state index < -0.39 is 0 Å². The van der Waals surface area contributed by atoms with Crippen LogP contribution < -0.4 is 10.2 Å². The number of hydrogen-bond donors (Lipinski definition) is 1. The molecule has 0 bridgehead atoms. The Balaban J connectivity index is 2.37. The molecule has 21 heavy (non-hydrogen) atoms. The number of anilines is 2. The maximum atomic E-state index is 12.6. The van der Waals surface area contributed by atoms with Gasteiger partial charge < -0.3 is 10.2 Å². The lowest BCUT2D eigenvalue weighted by Gasteiger charge is -2.19. The molecule has 2 aromatic carbocycles. The highest BCUT2D eigenvalue weighted by Crippen LogP contribution is 2.24. The lowest BCUT2D eigenvalue weighted by atomic mass is 10.1. The summed E-state index contributed by atoms with van der Waals surface area (Å²) in [5.74, 6) is -0.401. The predicted molar refractivity (Wildman–Crippen MR) is 87.6 cm³/mol. The van der Waals surface area contributed by atoms with Crippen LogP contribution in [-0.4, -0.2) is 18.9 Å².